The molecule has 1 rings (SSSR count). The van der Waals surface area contributed by atoms with Crippen molar-refractivity contribution < 1.29 is 31.0 Å². The van der Waals surface area contributed by atoms with Crippen LogP contribution < -0.4 is 10.5 Å². The lowest BCUT2D eigenvalue weighted by atomic mass is 10.0. The summed E-state index contributed by atoms with van der Waals surface area (Å²) in [5, 5.41) is 0. The molecule has 0 aliphatic carbocycles. The van der Waals surface area contributed by atoms with Gasteiger partial charge >= 0.3 is 0 Å². The van der Waals surface area contributed by atoms with Crippen LogP contribution in [0.4, 0.5) is 0 Å². The molecule has 1 aromatic rings. The molecule has 4 N–H and O–H groups in total. The first kappa shape index (κ1) is 20.2. The van der Waals surface area contributed by atoms with Crippen LogP contribution in [0.5, 0.6) is 0 Å². The third-order valence-electron chi connectivity index (χ3n) is 2.95. The zero-order valence-corrected chi connectivity index (χ0v) is 14.4. The standard InChI is InChI=1S/C13H18N2O7S2/c1-23(18,19)15-13(17)12(14)6-5-10(16)7-9-3-2-4-11(8-9)24(20,21)22/h2-4,8,12H,5-7,14H2,1H3,(H,15,17)(H,20,21,22)/t12-/m0/s1. The molecule has 0 radical (unpaired) electrons. The Morgan fingerprint density at radius 1 is 1.25 bits per heavy atom. The molecular formula is C13H18N2O7S2. The summed E-state index contributed by atoms with van der Waals surface area (Å²) in [6.45, 7) is 0. The highest BCUT2D eigenvalue weighted by Gasteiger charge is 2.18. The molecule has 0 saturated carbocycles. The van der Waals surface area contributed by atoms with E-state index in [1.54, 1.807) is 4.72 Å². The van der Waals surface area contributed by atoms with E-state index in [1.807, 2.05) is 0 Å². The molecule has 0 spiro atoms. The second kappa shape index (κ2) is 7.83. The van der Waals surface area contributed by atoms with Gasteiger partial charge < -0.3 is 5.73 Å². The molecule has 0 aliphatic rings. The van der Waals surface area contributed by atoms with Crippen molar-refractivity contribution in [2.24, 2.45) is 5.73 Å². The van der Waals surface area contributed by atoms with Gasteiger partial charge in [0.15, 0.2) is 0 Å². The lowest BCUT2D eigenvalue weighted by Crippen LogP contribution is -2.43. The third-order valence-corrected chi connectivity index (χ3v) is 4.38. The van der Waals surface area contributed by atoms with Gasteiger partial charge in [-0.2, -0.15) is 8.42 Å². The minimum Gasteiger partial charge on any atom is -0.320 e. The van der Waals surface area contributed by atoms with Crippen LogP contribution in [0.3, 0.4) is 0 Å². The first-order chi connectivity index (χ1) is 10.9. The van der Waals surface area contributed by atoms with Crippen LogP contribution >= 0.6 is 0 Å². The number of nitrogens with two attached hydrogens (primary N) is 1. The van der Waals surface area contributed by atoms with Gasteiger partial charge in [0.05, 0.1) is 17.2 Å². The van der Waals surface area contributed by atoms with Crippen LogP contribution in [0.15, 0.2) is 29.2 Å². The highest BCUT2D eigenvalue weighted by atomic mass is 32.2. The third kappa shape index (κ3) is 7.17. The van der Waals surface area contributed by atoms with Crippen LogP contribution in [0, 0.1) is 0 Å². The second-order valence-corrected chi connectivity index (χ2v) is 8.39. The molecular weight excluding hydrogens is 360 g/mol. The molecule has 0 unspecified atom stereocenters. The van der Waals surface area contributed by atoms with Gasteiger partial charge in [0.25, 0.3) is 10.1 Å². The highest BCUT2D eigenvalue weighted by Crippen LogP contribution is 2.13. The maximum absolute atomic E-state index is 11.9. The Hall–Kier alpha value is -1.82. The molecule has 0 aliphatic heterocycles. The number of hydrogen-bond donors (Lipinski definition) is 3. The lowest BCUT2D eigenvalue weighted by Gasteiger charge is -2.10. The maximum atomic E-state index is 11.9. The molecule has 1 atom stereocenters. The number of amides is 1. The summed E-state index contributed by atoms with van der Waals surface area (Å²) >= 11 is 0. The van der Waals surface area contributed by atoms with E-state index < -0.39 is 32.1 Å². The van der Waals surface area contributed by atoms with Gasteiger partial charge in [0, 0.05) is 12.8 Å². The Bertz CT molecular complexity index is 832. The van der Waals surface area contributed by atoms with Gasteiger partial charge in [-0.1, -0.05) is 12.1 Å². The zero-order valence-electron chi connectivity index (χ0n) is 12.8. The number of carbonyl (C=O) groups is 2. The topological polar surface area (TPSA) is 161 Å². The normalized spacial score (nSPS) is 13.3. The number of nitrogens with one attached hydrogen (secondary N) is 1. The summed E-state index contributed by atoms with van der Waals surface area (Å²) < 4.78 is 54.6. The van der Waals surface area contributed by atoms with Gasteiger partial charge in [-0.05, 0) is 24.1 Å². The first-order valence-electron chi connectivity index (χ1n) is 6.74. The van der Waals surface area contributed by atoms with E-state index in [9.17, 15) is 26.4 Å². The molecule has 0 bridgehead atoms. The Morgan fingerprint density at radius 2 is 1.88 bits per heavy atom. The van der Waals surface area contributed by atoms with Crippen molar-refractivity contribution in [3.8, 4) is 0 Å². The van der Waals surface area contributed by atoms with Crippen LogP contribution in [-0.2, 0) is 36.2 Å². The molecule has 0 heterocycles. The molecule has 11 heteroatoms. The van der Waals surface area contributed by atoms with Gasteiger partial charge in [0.2, 0.25) is 15.9 Å². The summed E-state index contributed by atoms with van der Waals surface area (Å²) in [7, 11) is -8.08. The number of hydrogen-bond acceptors (Lipinski definition) is 7. The van der Waals surface area contributed by atoms with Gasteiger partial charge in [-0.25, -0.2) is 8.42 Å². The Balaban J connectivity index is 2.60. The summed E-state index contributed by atoms with van der Waals surface area (Å²) in [5.41, 5.74) is 5.89. The van der Waals surface area contributed by atoms with E-state index in [4.69, 9.17) is 10.3 Å². The van der Waals surface area contributed by atoms with E-state index in [0.717, 1.165) is 6.26 Å². The van der Waals surface area contributed by atoms with Gasteiger partial charge in [-0.3, -0.25) is 18.9 Å². The van der Waals surface area contributed by atoms with Crippen molar-refractivity contribution in [1.29, 1.82) is 0 Å². The largest absolute Gasteiger partial charge is 0.320 e. The molecule has 0 fully saturated rings. The van der Waals surface area contributed by atoms with Gasteiger partial charge in [-0.15, -0.1) is 0 Å². The molecule has 24 heavy (non-hydrogen) atoms. The number of benzene rings is 1. The van der Waals surface area contributed by atoms with Crippen LogP contribution in [-0.4, -0.2) is 45.4 Å². The Kier molecular flexibility index (Phi) is 6.60. The predicted octanol–water partition coefficient (Wildman–Crippen LogP) is -0.772. The fourth-order valence-corrected chi connectivity index (χ4v) is 2.91. The SMILES string of the molecule is CS(=O)(=O)NC(=O)[C@@H](N)CCC(=O)Cc1cccc(S(=O)(=O)O)c1. The van der Waals surface area contributed by atoms with Crippen molar-refractivity contribution >= 4 is 31.8 Å². The van der Waals surface area contributed by atoms with Crippen LogP contribution in [0.25, 0.3) is 0 Å². The van der Waals surface area contributed by atoms with Crippen LogP contribution in [0.1, 0.15) is 18.4 Å². The Morgan fingerprint density at radius 3 is 2.42 bits per heavy atom. The molecule has 1 amide bonds. The smallest absolute Gasteiger partial charge is 0.294 e. The second-order valence-electron chi connectivity index (χ2n) is 5.22. The molecule has 1 aromatic carbocycles. The number of carbonyl (C=O) groups excluding carboxylic acids is 2. The average Bonchev–Trinajstić information content (AvgIpc) is 2.42. The van der Waals surface area contributed by atoms with Gasteiger partial charge in [0.1, 0.15) is 5.78 Å². The zero-order chi connectivity index (χ0) is 18.5. The van der Waals surface area contributed by atoms with E-state index in [0.29, 0.717) is 5.56 Å². The van der Waals surface area contributed by atoms with E-state index in [2.05, 4.69) is 0 Å². The number of Topliss-reactive ketones (excluding diaryl/α,β-unsaturated/α-hetero) is 1. The van der Waals surface area contributed by atoms with Crippen molar-refractivity contribution in [1.82, 2.24) is 4.72 Å². The van der Waals surface area contributed by atoms with E-state index >= 15 is 0 Å². The molecule has 9 nitrogen and oxygen atoms in total. The van der Waals surface area contributed by atoms with Crippen molar-refractivity contribution in [3.63, 3.8) is 0 Å². The minimum atomic E-state index is -4.36. The minimum absolute atomic E-state index is 0.0574. The Labute approximate surface area is 140 Å². The molecule has 134 valence electrons. The molecule has 0 aromatic heterocycles. The van der Waals surface area contributed by atoms with Crippen molar-refractivity contribution in [2.75, 3.05) is 6.26 Å². The number of sulfonamides is 1. The van der Waals surface area contributed by atoms with Crippen molar-refractivity contribution in [3.05, 3.63) is 29.8 Å². The highest BCUT2D eigenvalue weighted by molar-refractivity contribution is 7.89. The summed E-state index contributed by atoms with van der Waals surface area (Å²) in [4.78, 5) is 23.0. The number of ketones is 1. The maximum Gasteiger partial charge on any atom is 0.294 e. The fourth-order valence-electron chi connectivity index (χ4n) is 1.84. The quantitative estimate of drug-likeness (QED) is 0.497. The first-order valence-corrected chi connectivity index (χ1v) is 10.1. The summed E-state index contributed by atoms with van der Waals surface area (Å²) in [5.74, 6) is -1.22. The van der Waals surface area contributed by atoms with E-state index in [1.165, 1.54) is 24.3 Å². The number of rotatable bonds is 8. The lowest BCUT2D eigenvalue weighted by molar-refractivity contribution is -0.121. The van der Waals surface area contributed by atoms with Crippen molar-refractivity contribution in [2.45, 2.75) is 30.2 Å². The fraction of sp³-hybridized carbons (Fsp3) is 0.385. The molecule has 0 saturated heterocycles. The van der Waals surface area contributed by atoms with Crippen LogP contribution in [0.2, 0.25) is 0 Å². The summed E-state index contributed by atoms with van der Waals surface area (Å²) in [6.07, 6.45) is 0.557. The summed E-state index contributed by atoms with van der Waals surface area (Å²) in [6, 6.07) is 4.10. The monoisotopic (exact) mass is 378 g/mol. The predicted molar refractivity (Wildman–Crippen MR) is 85.2 cm³/mol. The average molecular weight is 378 g/mol. The van der Waals surface area contributed by atoms with E-state index in [-0.39, 0.29) is 29.9 Å².